The highest BCUT2D eigenvalue weighted by Gasteiger charge is 2.25. The molecule has 1 unspecified atom stereocenters. The third-order valence-electron chi connectivity index (χ3n) is 1.29. The van der Waals surface area contributed by atoms with Gasteiger partial charge in [0.15, 0.2) is 0 Å². The molecule has 1 fully saturated rings. The number of hydrogen-bond acceptors (Lipinski definition) is 5. The highest BCUT2D eigenvalue weighted by Crippen LogP contribution is 1.88. The lowest BCUT2D eigenvalue weighted by Crippen LogP contribution is -2.68. The number of aliphatic carboxylic acids is 1. The second-order valence-corrected chi connectivity index (χ2v) is 2.13. The van der Waals surface area contributed by atoms with E-state index < -0.39 is 18.1 Å². The summed E-state index contributed by atoms with van der Waals surface area (Å²) < 4.78 is 0. The van der Waals surface area contributed by atoms with Crippen LogP contribution in [0.1, 0.15) is 0 Å². The van der Waals surface area contributed by atoms with Crippen LogP contribution in [0.2, 0.25) is 0 Å². The largest absolute Gasteiger partial charge is 0.480 e. The van der Waals surface area contributed by atoms with Gasteiger partial charge in [-0.05, 0) is 0 Å². The van der Waals surface area contributed by atoms with Gasteiger partial charge in [-0.3, -0.25) is 4.79 Å². The van der Waals surface area contributed by atoms with Gasteiger partial charge >= 0.3 is 12.1 Å². The number of hydrazine groups is 3. The first-order valence-corrected chi connectivity index (χ1v) is 3.12. The Kier molecular flexibility index (Phi) is 2.43. The van der Waals surface area contributed by atoms with Gasteiger partial charge < -0.3 is 10.2 Å². The van der Waals surface area contributed by atoms with Gasteiger partial charge in [0.2, 0.25) is 0 Å². The molecule has 8 nitrogen and oxygen atoms in total. The van der Waals surface area contributed by atoms with Crippen LogP contribution in [0, 0.1) is 0 Å². The Morgan fingerprint density at radius 1 is 1.42 bits per heavy atom. The van der Waals surface area contributed by atoms with Crippen LogP contribution in [0.3, 0.4) is 0 Å². The molecule has 8 heteroatoms. The maximum atomic E-state index is 10.3. The van der Waals surface area contributed by atoms with Crippen LogP contribution >= 0.6 is 0 Å². The molecule has 0 aromatic rings. The van der Waals surface area contributed by atoms with Crippen molar-refractivity contribution in [2.45, 2.75) is 6.04 Å². The molecule has 1 aliphatic heterocycles. The highest BCUT2D eigenvalue weighted by atomic mass is 16.4. The Hall–Kier alpha value is -1.38. The van der Waals surface area contributed by atoms with Crippen molar-refractivity contribution < 1.29 is 19.8 Å². The summed E-state index contributed by atoms with van der Waals surface area (Å²) in [5.74, 6) is -1.06. The summed E-state index contributed by atoms with van der Waals surface area (Å²) in [7, 11) is 0. The van der Waals surface area contributed by atoms with Gasteiger partial charge in [-0.1, -0.05) is 0 Å². The van der Waals surface area contributed by atoms with Crippen molar-refractivity contribution in [1.82, 2.24) is 21.5 Å². The zero-order valence-electron chi connectivity index (χ0n) is 5.94. The molecule has 1 heterocycles. The summed E-state index contributed by atoms with van der Waals surface area (Å²) in [5, 5.41) is 17.5. The third-order valence-corrected chi connectivity index (χ3v) is 1.29. The van der Waals surface area contributed by atoms with E-state index in [0.717, 1.165) is 0 Å². The van der Waals surface area contributed by atoms with Crippen LogP contribution in [0.5, 0.6) is 0 Å². The Balaban J connectivity index is 2.39. The van der Waals surface area contributed by atoms with E-state index in [2.05, 4.69) is 16.4 Å². The number of carbonyl (C=O) groups is 2. The molecular weight excluding hydrogens is 168 g/mol. The summed E-state index contributed by atoms with van der Waals surface area (Å²) >= 11 is 0. The first-order chi connectivity index (χ1) is 5.61. The normalized spacial score (nSPS) is 23.7. The summed E-state index contributed by atoms with van der Waals surface area (Å²) in [6, 6.07) is -0.833. The average Bonchev–Trinajstić information content (AvgIpc) is 2.04. The van der Waals surface area contributed by atoms with Crippen molar-refractivity contribution in [3.05, 3.63) is 0 Å². The number of carboxylic acids is 1. The number of hydrogen-bond donors (Lipinski definition) is 5. The molecule has 0 aromatic heterocycles. The van der Waals surface area contributed by atoms with Gasteiger partial charge in [-0.15, -0.1) is 5.53 Å². The van der Waals surface area contributed by atoms with Crippen molar-refractivity contribution in [3.8, 4) is 0 Å². The summed E-state index contributed by atoms with van der Waals surface area (Å²) in [4.78, 5) is 20.6. The fraction of sp³-hybridized carbons (Fsp3) is 0.500. The highest BCUT2D eigenvalue weighted by molar-refractivity contribution is 5.74. The maximum absolute atomic E-state index is 10.3. The number of carboxylic acid groups (broad SMARTS) is 2. The zero-order valence-corrected chi connectivity index (χ0v) is 5.94. The molecule has 1 amide bonds. The fourth-order valence-corrected chi connectivity index (χ4v) is 0.680. The molecule has 1 saturated heterocycles. The second kappa shape index (κ2) is 3.34. The molecule has 0 saturated carbocycles. The Bertz CT molecular complexity index is 177. The van der Waals surface area contributed by atoms with Gasteiger partial charge in [0.05, 0.1) is 0 Å². The Labute approximate surface area is 67.1 Å². The molecule has 5 N–H and O–H groups in total. The van der Waals surface area contributed by atoms with E-state index in [1.165, 1.54) is 0 Å². The van der Waals surface area contributed by atoms with Crippen molar-refractivity contribution in [2.75, 3.05) is 6.54 Å². The quantitative estimate of drug-likeness (QED) is 0.312. The van der Waals surface area contributed by atoms with Crippen molar-refractivity contribution >= 4 is 12.1 Å². The van der Waals surface area contributed by atoms with Crippen molar-refractivity contribution in [3.63, 3.8) is 0 Å². The lowest BCUT2D eigenvalue weighted by Gasteiger charge is -2.29. The van der Waals surface area contributed by atoms with E-state index >= 15 is 0 Å². The summed E-state index contributed by atoms with van der Waals surface area (Å²) in [5.41, 5.74) is 6.75. The first kappa shape index (κ1) is 8.71. The van der Waals surface area contributed by atoms with E-state index in [1.807, 2.05) is 0 Å². The lowest BCUT2D eigenvalue weighted by atomic mass is 10.3. The summed E-state index contributed by atoms with van der Waals surface area (Å²) in [6.07, 6.45) is -1.24. The Morgan fingerprint density at radius 3 is 2.42 bits per heavy atom. The number of nitrogens with zero attached hydrogens (tertiary/aromatic N) is 1. The minimum absolute atomic E-state index is 0.00856. The second-order valence-electron chi connectivity index (χ2n) is 2.13. The van der Waals surface area contributed by atoms with E-state index in [9.17, 15) is 9.59 Å². The van der Waals surface area contributed by atoms with E-state index in [4.69, 9.17) is 10.2 Å². The molecule has 1 aliphatic rings. The third kappa shape index (κ3) is 1.81. The van der Waals surface area contributed by atoms with Crippen LogP contribution in [-0.2, 0) is 4.79 Å². The van der Waals surface area contributed by atoms with Crippen molar-refractivity contribution in [2.24, 2.45) is 0 Å². The van der Waals surface area contributed by atoms with Gasteiger partial charge in [-0.2, -0.15) is 5.12 Å². The smallest absolute Gasteiger partial charge is 0.438 e. The van der Waals surface area contributed by atoms with E-state index in [1.54, 1.807) is 0 Å². The van der Waals surface area contributed by atoms with Crippen molar-refractivity contribution in [1.29, 1.82) is 0 Å². The topological polar surface area (TPSA) is 114 Å². The standard InChI is InChI=1S/C4H8N4O4/c9-3(10)2-1-5-8(4(11)12)7-6-2/h2,5-7H,1H2,(H,9,10)(H,11,12). The van der Waals surface area contributed by atoms with Crippen LogP contribution in [0.15, 0.2) is 0 Å². The van der Waals surface area contributed by atoms with Gasteiger partial charge in [0, 0.05) is 6.54 Å². The minimum Gasteiger partial charge on any atom is -0.480 e. The molecule has 12 heavy (non-hydrogen) atoms. The van der Waals surface area contributed by atoms with E-state index in [-0.39, 0.29) is 6.54 Å². The van der Waals surface area contributed by atoms with Crippen LogP contribution in [0.25, 0.3) is 0 Å². The van der Waals surface area contributed by atoms with Crippen LogP contribution in [-0.4, -0.2) is 40.0 Å². The number of nitrogens with one attached hydrogen (secondary N) is 3. The monoisotopic (exact) mass is 176 g/mol. The SMILES string of the molecule is O=C(O)C1CNN(C(=O)O)NN1. The zero-order chi connectivity index (χ0) is 9.14. The maximum Gasteiger partial charge on any atom is 0.438 e. The van der Waals surface area contributed by atoms with Gasteiger partial charge in [0.1, 0.15) is 6.04 Å². The van der Waals surface area contributed by atoms with Gasteiger partial charge in [-0.25, -0.2) is 15.6 Å². The van der Waals surface area contributed by atoms with Gasteiger partial charge in [0.25, 0.3) is 0 Å². The molecule has 0 radical (unpaired) electrons. The number of amides is 1. The number of rotatable bonds is 1. The summed E-state index contributed by atoms with van der Waals surface area (Å²) in [6.45, 7) is 0.00856. The first-order valence-electron chi connectivity index (χ1n) is 3.12. The lowest BCUT2D eigenvalue weighted by molar-refractivity contribution is -0.142. The van der Waals surface area contributed by atoms with Crippen LogP contribution in [0.4, 0.5) is 4.79 Å². The predicted octanol–water partition coefficient (Wildman–Crippen LogP) is -2.05. The van der Waals surface area contributed by atoms with Crippen LogP contribution < -0.4 is 16.4 Å². The molecule has 0 bridgehead atoms. The fourth-order valence-electron chi connectivity index (χ4n) is 0.680. The average molecular weight is 176 g/mol. The minimum atomic E-state index is -1.24. The Morgan fingerprint density at radius 2 is 2.08 bits per heavy atom. The molecule has 0 spiro atoms. The molecule has 68 valence electrons. The predicted molar refractivity (Wildman–Crippen MR) is 35.6 cm³/mol. The molecule has 1 atom stereocenters. The molecule has 0 aliphatic carbocycles. The molecular formula is C4H8N4O4. The molecule has 0 aromatic carbocycles. The van der Waals surface area contributed by atoms with E-state index in [0.29, 0.717) is 5.12 Å². The molecule has 1 rings (SSSR count).